The number of alkyl halides is 1. The molecular weight excluding hydrogens is 304 g/mol. The van der Waals surface area contributed by atoms with E-state index in [1.165, 1.54) is 11.1 Å². The third-order valence-corrected chi connectivity index (χ3v) is 3.89. The fourth-order valence-corrected chi connectivity index (χ4v) is 2.29. The SMILES string of the molecule is CCCOC(=O)C(Br)CCCc1ccc(CC)cc1. The molecule has 1 aromatic rings. The molecule has 1 rings (SSSR count). The lowest BCUT2D eigenvalue weighted by atomic mass is 10.0. The van der Waals surface area contributed by atoms with E-state index >= 15 is 0 Å². The van der Waals surface area contributed by atoms with Crippen LogP contribution in [0.25, 0.3) is 0 Å². The van der Waals surface area contributed by atoms with Gasteiger partial charge in [0.1, 0.15) is 4.83 Å². The molecule has 1 unspecified atom stereocenters. The largest absolute Gasteiger partial charge is 0.465 e. The first-order valence-corrected chi connectivity index (χ1v) is 7.97. The molecule has 0 fully saturated rings. The van der Waals surface area contributed by atoms with Gasteiger partial charge in [0.2, 0.25) is 0 Å². The zero-order chi connectivity index (χ0) is 14.1. The zero-order valence-corrected chi connectivity index (χ0v) is 13.4. The Morgan fingerprint density at radius 3 is 2.42 bits per heavy atom. The van der Waals surface area contributed by atoms with Crippen molar-refractivity contribution in [2.45, 2.75) is 50.8 Å². The summed E-state index contributed by atoms with van der Waals surface area (Å²) < 4.78 is 5.10. The zero-order valence-electron chi connectivity index (χ0n) is 11.8. The molecular formula is C16H23BrO2. The average molecular weight is 327 g/mol. The monoisotopic (exact) mass is 326 g/mol. The maximum Gasteiger partial charge on any atom is 0.319 e. The van der Waals surface area contributed by atoms with Crippen molar-refractivity contribution in [3.63, 3.8) is 0 Å². The van der Waals surface area contributed by atoms with Crippen LogP contribution in [0, 0.1) is 0 Å². The Kier molecular flexibility index (Phi) is 7.80. The number of benzene rings is 1. The second-order valence-corrected chi connectivity index (χ2v) is 5.80. The van der Waals surface area contributed by atoms with Crippen molar-refractivity contribution < 1.29 is 9.53 Å². The van der Waals surface area contributed by atoms with E-state index in [9.17, 15) is 4.79 Å². The van der Waals surface area contributed by atoms with Crippen molar-refractivity contribution in [1.29, 1.82) is 0 Å². The number of hydrogen-bond donors (Lipinski definition) is 0. The van der Waals surface area contributed by atoms with Crippen LogP contribution in [0.3, 0.4) is 0 Å². The Morgan fingerprint density at radius 2 is 1.84 bits per heavy atom. The minimum atomic E-state index is -0.172. The Bertz CT molecular complexity index is 373. The van der Waals surface area contributed by atoms with E-state index in [4.69, 9.17) is 4.74 Å². The summed E-state index contributed by atoms with van der Waals surface area (Å²) in [7, 11) is 0. The Morgan fingerprint density at radius 1 is 1.21 bits per heavy atom. The van der Waals surface area contributed by atoms with E-state index in [-0.39, 0.29) is 10.8 Å². The number of aryl methyl sites for hydroxylation is 2. The van der Waals surface area contributed by atoms with Gasteiger partial charge < -0.3 is 4.74 Å². The molecule has 0 saturated carbocycles. The van der Waals surface area contributed by atoms with Gasteiger partial charge in [-0.05, 0) is 43.2 Å². The van der Waals surface area contributed by atoms with Crippen molar-refractivity contribution in [1.82, 2.24) is 0 Å². The highest BCUT2D eigenvalue weighted by molar-refractivity contribution is 9.10. The Balaban J connectivity index is 2.26. The third kappa shape index (κ3) is 6.24. The average Bonchev–Trinajstić information content (AvgIpc) is 2.45. The Hall–Kier alpha value is -0.830. The molecule has 0 aliphatic heterocycles. The molecule has 0 radical (unpaired) electrons. The van der Waals surface area contributed by atoms with E-state index in [2.05, 4.69) is 47.1 Å². The van der Waals surface area contributed by atoms with Gasteiger partial charge in [0.25, 0.3) is 0 Å². The second kappa shape index (κ2) is 9.13. The number of carbonyl (C=O) groups is 1. The summed E-state index contributed by atoms with van der Waals surface area (Å²) in [5, 5.41) is 0. The van der Waals surface area contributed by atoms with Gasteiger partial charge in [-0.2, -0.15) is 0 Å². The van der Waals surface area contributed by atoms with Crippen molar-refractivity contribution in [2.24, 2.45) is 0 Å². The third-order valence-electron chi connectivity index (χ3n) is 3.06. The summed E-state index contributed by atoms with van der Waals surface area (Å²) in [5.41, 5.74) is 2.70. The van der Waals surface area contributed by atoms with Gasteiger partial charge in [-0.1, -0.05) is 54.0 Å². The van der Waals surface area contributed by atoms with Gasteiger partial charge in [0.15, 0.2) is 0 Å². The lowest BCUT2D eigenvalue weighted by Crippen LogP contribution is -2.18. The molecule has 0 aliphatic rings. The highest BCUT2D eigenvalue weighted by Gasteiger charge is 2.15. The maximum atomic E-state index is 11.6. The van der Waals surface area contributed by atoms with Gasteiger partial charge in [-0.15, -0.1) is 0 Å². The quantitative estimate of drug-likeness (QED) is 0.526. The van der Waals surface area contributed by atoms with E-state index in [0.29, 0.717) is 6.61 Å². The van der Waals surface area contributed by atoms with Crippen LogP contribution in [-0.4, -0.2) is 17.4 Å². The number of rotatable bonds is 8. The lowest BCUT2D eigenvalue weighted by Gasteiger charge is -2.09. The molecule has 0 bridgehead atoms. The highest BCUT2D eigenvalue weighted by Crippen LogP contribution is 2.14. The topological polar surface area (TPSA) is 26.3 Å². The van der Waals surface area contributed by atoms with E-state index in [1.807, 2.05) is 6.92 Å². The normalized spacial score (nSPS) is 12.2. The van der Waals surface area contributed by atoms with Crippen LogP contribution in [0.4, 0.5) is 0 Å². The number of hydrogen-bond acceptors (Lipinski definition) is 2. The van der Waals surface area contributed by atoms with Gasteiger partial charge >= 0.3 is 5.97 Å². The minimum Gasteiger partial charge on any atom is -0.465 e. The minimum absolute atomic E-state index is 0.136. The summed E-state index contributed by atoms with van der Waals surface area (Å²) in [6.45, 7) is 4.67. The molecule has 106 valence electrons. The molecule has 2 nitrogen and oxygen atoms in total. The van der Waals surface area contributed by atoms with Crippen LogP contribution in [-0.2, 0) is 22.4 Å². The summed E-state index contributed by atoms with van der Waals surface area (Å²) in [4.78, 5) is 11.4. The molecule has 1 aromatic carbocycles. The number of esters is 1. The molecule has 19 heavy (non-hydrogen) atoms. The van der Waals surface area contributed by atoms with Crippen molar-refractivity contribution in [3.8, 4) is 0 Å². The van der Waals surface area contributed by atoms with Crippen LogP contribution < -0.4 is 0 Å². The van der Waals surface area contributed by atoms with Crippen molar-refractivity contribution >= 4 is 21.9 Å². The van der Waals surface area contributed by atoms with Crippen molar-refractivity contribution in [3.05, 3.63) is 35.4 Å². The number of carbonyl (C=O) groups excluding carboxylic acids is 1. The van der Waals surface area contributed by atoms with Crippen LogP contribution >= 0.6 is 15.9 Å². The predicted octanol–water partition coefficient (Wildman–Crippen LogP) is 4.29. The van der Waals surface area contributed by atoms with Gasteiger partial charge in [0, 0.05) is 0 Å². The Labute approximate surface area is 124 Å². The molecule has 0 aliphatic carbocycles. The van der Waals surface area contributed by atoms with Gasteiger partial charge in [0.05, 0.1) is 6.61 Å². The second-order valence-electron chi connectivity index (χ2n) is 4.70. The summed E-state index contributed by atoms with van der Waals surface area (Å²) in [5.74, 6) is -0.136. The lowest BCUT2D eigenvalue weighted by molar-refractivity contribution is -0.142. The smallest absolute Gasteiger partial charge is 0.319 e. The molecule has 0 heterocycles. The summed E-state index contributed by atoms with van der Waals surface area (Å²) in [6, 6.07) is 8.71. The first-order valence-electron chi connectivity index (χ1n) is 7.05. The van der Waals surface area contributed by atoms with Crippen LogP contribution in [0.5, 0.6) is 0 Å². The van der Waals surface area contributed by atoms with Gasteiger partial charge in [-0.3, -0.25) is 4.79 Å². The summed E-state index contributed by atoms with van der Waals surface area (Å²) >= 11 is 3.40. The standard InChI is InChI=1S/C16H23BrO2/c1-3-12-19-16(18)15(17)7-5-6-14-10-8-13(4-2)9-11-14/h8-11,15H,3-7,12H2,1-2H3. The molecule has 3 heteroatoms. The number of halogens is 1. The fraction of sp³-hybridized carbons (Fsp3) is 0.562. The van der Waals surface area contributed by atoms with Crippen LogP contribution in [0.15, 0.2) is 24.3 Å². The first-order chi connectivity index (χ1) is 9.17. The number of ether oxygens (including phenoxy) is 1. The van der Waals surface area contributed by atoms with E-state index in [0.717, 1.165) is 32.1 Å². The maximum absolute atomic E-state index is 11.6. The predicted molar refractivity (Wildman–Crippen MR) is 82.7 cm³/mol. The first kappa shape index (κ1) is 16.2. The fourth-order valence-electron chi connectivity index (χ4n) is 1.84. The van der Waals surface area contributed by atoms with Crippen molar-refractivity contribution in [2.75, 3.05) is 6.61 Å². The molecule has 0 spiro atoms. The molecule has 0 saturated heterocycles. The van der Waals surface area contributed by atoms with E-state index < -0.39 is 0 Å². The summed E-state index contributed by atoms with van der Waals surface area (Å²) in [6.07, 6.45) is 4.76. The molecule has 0 N–H and O–H groups in total. The molecule has 1 atom stereocenters. The van der Waals surface area contributed by atoms with Crippen LogP contribution in [0.1, 0.15) is 44.2 Å². The van der Waals surface area contributed by atoms with E-state index in [1.54, 1.807) is 0 Å². The van der Waals surface area contributed by atoms with Crippen LogP contribution in [0.2, 0.25) is 0 Å². The molecule has 0 amide bonds. The highest BCUT2D eigenvalue weighted by atomic mass is 79.9. The van der Waals surface area contributed by atoms with Gasteiger partial charge in [-0.25, -0.2) is 0 Å². The molecule has 0 aromatic heterocycles.